The molecule has 5 nitrogen and oxygen atoms in total. The number of pyridine rings is 2. The number of ether oxygens (including phenoxy) is 1. The summed E-state index contributed by atoms with van der Waals surface area (Å²) in [6.45, 7) is 2.02. The van der Waals surface area contributed by atoms with Crippen LogP contribution in [0.2, 0.25) is 10.0 Å². The third-order valence-electron chi connectivity index (χ3n) is 4.75. The van der Waals surface area contributed by atoms with E-state index in [9.17, 15) is 4.79 Å². The lowest BCUT2D eigenvalue weighted by Crippen LogP contribution is -2.09. The molecule has 0 radical (unpaired) electrons. The van der Waals surface area contributed by atoms with Gasteiger partial charge in [-0.3, -0.25) is 9.97 Å². The second-order valence-corrected chi connectivity index (χ2v) is 7.75. The van der Waals surface area contributed by atoms with Gasteiger partial charge in [-0.2, -0.15) is 0 Å². The fourth-order valence-corrected chi connectivity index (χ4v) is 3.66. The second-order valence-electron chi connectivity index (χ2n) is 6.91. The van der Waals surface area contributed by atoms with Crippen molar-refractivity contribution >= 4 is 63.6 Å². The Hall–Kier alpha value is -3.41. The minimum Gasteiger partial charge on any atom is -0.462 e. The Balaban J connectivity index is 1.77. The molecule has 0 atom stereocenters. The zero-order valence-corrected chi connectivity index (χ0v) is 18.7. The first-order valence-electron chi connectivity index (χ1n) is 9.95. The lowest BCUT2D eigenvalue weighted by Gasteiger charge is -2.15. The van der Waals surface area contributed by atoms with Crippen LogP contribution in [0.4, 0.5) is 11.4 Å². The maximum atomic E-state index is 12.6. The zero-order valence-electron chi connectivity index (χ0n) is 17.2. The van der Waals surface area contributed by atoms with Gasteiger partial charge in [0.1, 0.15) is 5.56 Å². The molecule has 2 heterocycles. The average molecular weight is 464 g/mol. The van der Waals surface area contributed by atoms with E-state index < -0.39 is 5.97 Å². The van der Waals surface area contributed by atoms with Crippen LogP contribution in [0, 0.1) is 0 Å². The van der Waals surface area contributed by atoms with Gasteiger partial charge >= 0.3 is 5.97 Å². The molecule has 0 aliphatic carbocycles. The van der Waals surface area contributed by atoms with Crippen LogP contribution < -0.4 is 5.32 Å². The van der Waals surface area contributed by atoms with Crippen LogP contribution in [0.3, 0.4) is 0 Å². The smallest absolute Gasteiger partial charge is 0.341 e. The minimum absolute atomic E-state index is 0.261. The van der Waals surface area contributed by atoms with Crippen LogP contribution in [0.25, 0.3) is 23.1 Å². The summed E-state index contributed by atoms with van der Waals surface area (Å²) in [7, 11) is 0. The Morgan fingerprint density at radius 2 is 1.81 bits per heavy atom. The van der Waals surface area contributed by atoms with Crippen molar-refractivity contribution in [3.63, 3.8) is 0 Å². The summed E-state index contributed by atoms with van der Waals surface area (Å²) in [6.07, 6.45) is 9.01. The largest absolute Gasteiger partial charge is 0.462 e. The Morgan fingerprint density at radius 3 is 2.56 bits per heavy atom. The fourth-order valence-electron chi connectivity index (χ4n) is 3.21. The van der Waals surface area contributed by atoms with Gasteiger partial charge in [-0.25, -0.2) is 4.79 Å². The standard InChI is InChI=1S/C25H19Cl2N3O2/c1-2-32-25(31)20-15-29-23-13-17(4-3-16-9-11-28-12-10-16)5-7-19(23)24(20)30-22-8-6-18(26)14-21(22)27/h3-15H,2H2,1H3,(H,29,30)/b4-3+. The van der Waals surface area contributed by atoms with Crippen LogP contribution in [-0.2, 0) is 4.74 Å². The molecule has 2 aromatic heterocycles. The second kappa shape index (κ2) is 9.81. The molecule has 2 aromatic carbocycles. The highest BCUT2D eigenvalue weighted by Crippen LogP contribution is 2.34. The first-order valence-corrected chi connectivity index (χ1v) is 10.7. The lowest BCUT2D eigenvalue weighted by atomic mass is 10.1. The number of carbonyl (C=O) groups excluding carboxylic acids is 1. The molecule has 4 aromatic rings. The van der Waals surface area contributed by atoms with Gasteiger partial charge < -0.3 is 10.1 Å². The molecule has 0 bridgehead atoms. The fraction of sp³-hybridized carbons (Fsp3) is 0.0800. The lowest BCUT2D eigenvalue weighted by molar-refractivity contribution is 0.0527. The van der Waals surface area contributed by atoms with E-state index in [0.29, 0.717) is 27.0 Å². The van der Waals surface area contributed by atoms with Gasteiger partial charge in [-0.1, -0.05) is 47.5 Å². The van der Waals surface area contributed by atoms with Crippen molar-refractivity contribution in [2.45, 2.75) is 6.92 Å². The Labute approximate surface area is 195 Å². The summed E-state index contributed by atoms with van der Waals surface area (Å²) in [6, 6.07) is 14.8. The molecular weight excluding hydrogens is 445 g/mol. The predicted molar refractivity (Wildman–Crippen MR) is 131 cm³/mol. The summed E-state index contributed by atoms with van der Waals surface area (Å²) >= 11 is 12.4. The van der Waals surface area contributed by atoms with E-state index >= 15 is 0 Å². The predicted octanol–water partition coefficient (Wildman–Crippen LogP) is 7.03. The van der Waals surface area contributed by atoms with Crippen LogP contribution in [-0.4, -0.2) is 22.5 Å². The summed E-state index contributed by atoms with van der Waals surface area (Å²) in [5.41, 5.74) is 4.26. The van der Waals surface area contributed by atoms with Crippen molar-refractivity contribution in [3.8, 4) is 0 Å². The molecule has 0 saturated heterocycles. The van der Waals surface area contributed by atoms with E-state index in [1.54, 1.807) is 37.5 Å². The van der Waals surface area contributed by atoms with Crippen molar-refractivity contribution in [1.82, 2.24) is 9.97 Å². The molecule has 160 valence electrons. The third kappa shape index (κ3) is 4.90. The highest BCUT2D eigenvalue weighted by atomic mass is 35.5. The van der Waals surface area contributed by atoms with Crippen molar-refractivity contribution < 1.29 is 9.53 Å². The molecule has 32 heavy (non-hydrogen) atoms. The van der Waals surface area contributed by atoms with E-state index in [0.717, 1.165) is 22.0 Å². The van der Waals surface area contributed by atoms with E-state index in [4.69, 9.17) is 27.9 Å². The Kier molecular flexibility index (Phi) is 6.69. The number of hydrogen-bond acceptors (Lipinski definition) is 5. The van der Waals surface area contributed by atoms with Gasteiger partial charge in [-0.15, -0.1) is 0 Å². The number of rotatable bonds is 6. The molecule has 0 fully saturated rings. The maximum absolute atomic E-state index is 12.6. The highest BCUT2D eigenvalue weighted by Gasteiger charge is 2.18. The van der Waals surface area contributed by atoms with E-state index in [1.807, 2.05) is 42.5 Å². The molecule has 0 unspecified atom stereocenters. The summed E-state index contributed by atoms with van der Waals surface area (Å²) in [4.78, 5) is 21.1. The van der Waals surface area contributed by atoms with Crippen LogP contribution in [0.15, 0.2) is 67.1 Å². The van der Waals surface area contributed by atoms with Gasteiger partial charge in [0, 0.05) is 29.0 Å². The first-order chi connectivity index (χ1) is 15.5. The van der Waals surface area contributed by atoms with E-state index in [2.05, 4.69) is 15.3 Å². The quantitative estimate of drug-likeness (QED) is 0.311. The number of carbonyl (C=O) groups is 1. The number of esters is 1. The first kappa shape index (κ1) is 21.8. The van der Waals surface area contributed by atoms with Crippen LogP contribution >= 0.6 is 23.2 Å². The molecule has 1 N–H and O–H groups in total. The molecule has 7 heteroatoms. The number of anilines is 2. The Bertz CT molecular complexity index is 1310. The summed E-state index contributed by atoms with van der Waals surface area (Å²) < 4.78 is 5.23. The van der Waals surface area contributed by atoms with E-state index in [-0.39, 0.29) is 6.61 Å². The molecule has 4 rings (SSSR count). The van der Waals surface area contributed by atoms with Gasteiger partial charge in [0.25, 0.3) is 0 Å². The van der Waals surface area contributed by atoms with Crippen molar-refractivity contribution in [2.75, 3.05) is 11.9 Å². The molecule has 0 amide bonds. The number of benzene rings is 2. The molecule has 0 aliphatic rings. The summed E-state index contributed by atoms with van der Waals surface area (Å²) in [5, 5.41) is 5.00. The van der Waals surface area contributed by atoms with Crippen molar-refractivity contribution in [1.29, 1.82) is 0 Å². The number of aromatic nitrogens is 2. The molecule has 0 spiro atoms. The zero-order chi connectivity index (χ0) is 22.5. The molecule has 0 saturated carbocycles. The van der Waals surface area contributed by atoms with Gasteiger partial charge in [-0.05, 0) is 54.4 Å². The average Bonchev–Trinajstić information content (AvgIpc) is 2.80. The topological polar surface area (TPSA) is 64.1 Å². The van der Waals surface area contributed by atoms with E-state index in [1.165, 1.54) is 6.20 Å². The SMILES string of the molecule is CCOC(=O)c1cnc2cc(/C=C/c3ccncc3)ccc2c1Nc1ccc(Cl)cc1Cl. The number of nitrogens with one attached hydrogen (secondary N) is 1. The molecular formula is C25H19Cl2N3O2. The van der Waals surface area contributed by atoms with Crippen LogP contribution in [0.5, 0.6) is 0 Å². The van der Waals surface area contributed by atoms with Gasteiger partial charge in [0.15, 0.2) is 0 Å². The van der Waals surface area contributed by atoms with Crippen molar-refractivity contribution in [2.24, 2.45) is 0 Å². The van der Waals surface area contributed by atoms with Crippen molar-refractivity contribution in [3.05, 3.63) is 93.9 Å². The maximum Gasteiger partial charge on any atom is 0.341 e. The number of halogens is 2. The van der Waals surface area contributed by atoms with Gasteiger partial charge in [0.2, 0.25) is 0 Å². The monoisotopic (exact) mass is 463 g/mol. The number of fused-ring (bicyclic) bond motifs is 1. The third-order valence-corrected chi connectivity index (χ3v) is 5.30. The highest BCUT2D eigenvalue weighted by molar-refractivity contribution is 6.36. The van der Waals surface area contributed by atoms with Crippen LogP contribution in [0.1, 0.15) is 28.4 Å². The summed E-state index contributed by atoms with van der Waals surface area (Å²) in [5.74, 6) is -0.462. The minimum atomic E-state index is -0.462. The van der Waals surface area contributed by atoms with Gasteiger partial charge in [0.05, 0.1) is 28.5 Å². The normalized spacial score (nSPS) is 11.1. The Morgan fingerprint density at radius 1 is 1.03 bits per heavy atom. The molecule has 0 aliphatic heterocycles. The number of hydrogen-bond donors (Lipinski definition) is 1. The number of nitrogens with zero attached hydrogens (tertiary/aromatic N) is 2.